The minimum Gasteiger partial charge on any atom is -0.342 e. The SMILES string of the molecule is C/C=C1\CC(=O)[C@@H](CS)CC(=O)[C@@H](C(C)C)CC(=O)C[C@H](/C=C/CCS)CC(=O)[C@H](C(C)C)NC1=O. The minimum absolute atomic E-state index is 0.00451. The normalized spacial score (nSPS) is 27.5. The van der Waals surface area contributed by atoms with Gasteiger partial charge in [0.05, 0.1) is 6.04 Å². The van der Waals surface area contributed by atoms with Crippen molar-refractivity contribution in [2.75, 3.05) is 11.5 Å². The van der Waals surface area contributed by atoms with Crippen molar-refractivity contribution in [3.05, 3.63) is 23.8 Å². The Bertz CT molecular complexity index is 862. The zero-order chi connectivity index (χ0) is 27.4. The van der Waals surface area contributed by atoms with Gasteiger partial charge in [-0.25, -0.2) is 0 Å². The quantitative estimate of drug-likeness (QED) is 0.261. The van der Waals surface area contributed by atoms with Crippen LogP contribution in [-0.2, 0) is 24.0 Å². The van der Waals surface area contributed by atoms with Crippen LogP contribution < -0.4 is 5.32 Å². The van der Waals surface area contributed by atoms with E-state index in [2.05, 4.69) is 30.6 Å². The Morgan fingerprint density at radius 3 is 2.08 bits per heavy atom. The summed E-state index contributed by atoms with van der Waals surface area (Å²) in [6.45, 7) is 9.18. The standard InChI is InChI=1S/C28H43NO5S2/c1-6-20-13-24(31)21(16-36)14-25(32)23(17(2)3)15-22(30)11-19(9-7-8-10-35)12-26(33)27(18(4)5)29-28(20)34/h6-7,9,17-19,21,23,27,35-36H,8,10-16H2,1-5H3,(H,29,34)/b9-7+,20-6+/t19-,21+,23+,27-/m0/s1. The fourth-order valence-electron chi connectivity index (χ4n) is 4.47. The van der Waals surface area contributed by atoms with Crippen molar-refractivity contribution in [3.8, 4) is 0 Å². The van der Waals surface area contributed by atoms with Crippen molar-refractivity contribution in [3.63, 3.8) is 0 Å². The van der Waals surface area contributed by atoms with Crippen LogP contribution >= 0.6 is 25.3 Å². The maximum absolute atomic E-state index is 13.3. The van der Waals surface area contributed by atoms with Gasteiger partial charge in [0.15, 0.2) is 5.78 Å². The summed E-state index contributed by atoms with van der Waals surface area (Å²) in [6, 6.07) is -0.739. The van der Waals surface area contributed by atoms with Crippen molar-refractivity contribution in [2.24, 2.45) is 29.6 Å². The van der Waals surface area contributed by atoms with Gasteiger partial charge in [0.25, 0.3) is 0 Å². The van der Waals surface area contributed by atoms with Crippen LogP contribution in [0.4, 0.5) is 0 Å². The molecule has 0 radical (unpaired) electrons. The molecule has 0 bridgehead atoms. The molecule has 1 heterocycles. The van der Waals surface area contributed by atoms with Gasteiger partial charge in [-0.05, 0) is 36.9 Å². The molecule has 0 aromatic rings. The Labute approximate surface area is 227 Å². The third kappa shape index (κ3) is 10.4. The van der Waals surface area contributed by atoms with E-state index >= 15 is 0 Å². The fraction of sp³-hybridized carbons (Fsp3) is 0.679. The third-order valence-corrected chi connectivity index (χ3v) is 7.45. The van der Waals surface area contributed by atoms with Gasteiger partial charge < -0.3 is 5.32 Å². The van der Waals surface area contributed by atoms with E-state index in [9.17, 15) is 24.0 Å². The Kier molecular flexibility index (Phi) is 14.6. The van der Waals surface area contributed by atoms with Crippen LogP contribution in [0.25, 0.3) is 0 Å². The molecule has 1 amide bonds. The van der Waals surface area contributed by atoms with Crippen molar-refractivity contribution >= 4 is 54.3 Å². The number of allylic oxidation sites excluding steroid dienone is 3. The van der Waals surface area contributed by atoms with E-state index in [1.54, 1.807) is 13.0 Å². The maximum atomic E-state index is 13.3. The van der Waals surface area contributed by atoms with Crippen molar-refractivity contribution in [2.45, 2.75) is 79.2 Å². The molecule has 1 N–H and O–H groups in total. The second-order valence-corrected chi connectivity index (χ2v) is 11.2. The van der Waals surface area contributed by atoms with Gasteiger partial charge in [-0.3, -0.25) is 24.0 Å². The first kappa shape index (κ1) is 32.4. The molecule has 1 aliphatic rings. The van der Waals surface area contributed by atoms with Crippen molar-refractivity contribution in [1.29, 1.82) is 0 Å². The summed E-state index contributed by atoms with van der Waals surface area (Å²) in [5.74, 6) is -1.99. The highest BCUT2D eigenvalue weighted by molar-refractivity contribution is 7.80. The van der Waals surface area contributed by atoms with Crippen molar-refractivity contribution < 1.29 is 24.0 Å². The first-order valence-corrected chi connectivity index (χ1v) is 14.2. The highest BCUT2D eigenvalue weighted by atomic mass is 32.1. The van der Waals surface area contributed by atoms with Crippen molar-refractivity contribution in [1.82, 2.24) is 5.32 Å². The summed E-state index contributed by atoms with van der Waals surface area (Å²) in [6.07, 6.45) is 6.27. The molecule has 1 saturated heterocycles. The Morgan fingerprint density at radius 2 is 1.56 bits per heavy atom. The molecule has 8 heteroatoms. The van der Waals surface area contributed by atoms with E-state index in [1.807, 2.05) is 39.8 Å². The molecule has 0 spiro atoms. The van der Waals surface area contributed by atoms with Crippen LogP contribution in [-0.4, -0.2) is 46.6 Å². The summed E-state index contributed by atoms with van der Waals surface area (Å²) in [4.78, 5) is 65.6. The Balaban J connectivity index is 3.43. The van der Waals surface area contributed by atoms with Gasteiger partial charge in [0.1, 0.15) is 17.3 Å². The number of hydrogen-bond acceptors (Lipinski definition) is 7. The number of Topliss-reactive ketones (excluding diaryl/α,β-unsaturated/α-hetero) is 4. The zero-order valence-electron chi connectivity index (χ0n) is 22.3. The minimum atomic E-state index is -0.739. The number of nitrogens with one attached hydrogen (secondary N) is 1. The van der Waals surface area contributed by atoms with Crippen LogP contribution in [0, 0.1) is 29.6 Å². The summed E-state index contributed by atoms with van der Waals surface area (Å²) < 4.78 is 0. The molecule has 0 aromatic carbocycles. The molecular formula is C28H43NO5S2. The highest BCUT2D eigenvalue weighted by Crippen LogP contribution is 2.26. The van der Waals surface area contributed by atoms with Gasteiger partial charge in [-0.1, -0.05) is 45.9 Å². The van der Waals surface area contributed by atoms with Gasteiger partial charge >= 0.3 is 0 Å². The lowest BCUT2D eigenvalue weighted by molar-refractivity contribution is -0.133. The van der Waals surface area contributed by atoms with Crippen LogP contribution in [0.2, 0.25) is 0 Å². The lowest BCUT2D eigenvalue weighted by Gasteiger charge is -2.25. The fourth-order valence-corrected chi connectivity index (χ4v) is 4.95. The first-order valence-electron chi connectivity index (χ1n) is 12.9. The Hall–Kier alpha value is -1.67. The lowest BCUT2D eigenvalue weighted by atomic mass is 9.80. The van der Waals surface area contributed by atoms with E-state index in [4.69, 9.17) is 0 Å². The number of carbonyl (C=O) groups is 5. The molecule has 1 rings (SSSR count). The average molecular weight is 538 g/mol. The molecule has 0 aromatic heterocycles. The second-order valence-electron chi connectivity index (χ2n) is 10.4. The van der Waals surface area contributed by atoms with Crippen LogP contribution in [0.5, 0.6) is 0 Å². The number of hydrogen-bond donors (Lipinski definition) is 3. The summed E-state index contributed by atoms with van der Waals surface area (Å²) >= 11 is 8.52. The van der Waals surface area contributed by atoms with E-state index in [1.165, 1.54) is 0 Å². The first-order chi connectivity index (χ1) is 16.9. The van der Waals surface area contributed by atoms with E-state index < -0.39 is 23.8 Å². The largest absolute Gasteiger partial charge is 0.342 e. The molecule has 202 valence electrons. The molecule has 4 atom stereocenters. The van der Waals surface area contributed by atoms with Crippen LogP contribution in [0.3, 0.4) is 0 Å². The number of amides is 1. The molecule has 0 saturated carbocycles. The average Bonchev–Trinajstić information content (AvgIpc) is 2.81. The molecule has 0 aliphatic carbocycles. The predicted molar refractivity (Wildman–Crippen MR) is 150 cm³/mol. The van der Waals surface area contributed by atoms with Crippen LogP contribution in [0.15, 0.2) is 23.8 Å². The number of ketones is 4. The number of carbonyl (C=O) groups excluding carboxylic acids is 5. The predicted octanol–water partition coefficient (Wildman–Crippen LogP) is 4.62. The van der Waals surface area contributed by atoms with E-state index in [0.29, 0.717) is 12.2 Å². The topological polar surface area (TPSA) is 97.4 Å². The maximum Gasteiger partial charge on any atom is 0.247 e. The second kappa shape index (κ2) is 16.2. The zero-order valence-corrected chi connectivity index (χ0v) is 24.1. The molecular weight excluding hydrogens is 494 g/mol. The highest BCUT2D eigenvalue weighted by Gasteiger charge is 2.33. The van der Waals surface area contributed by atoms with Gasteiger partial charge in [-0.15, -0.1) is 0 Å². The summed E-state index contributed by atoms with van der Waals surface area (Å²) in [7, 11) is 0. The van der Waals surface area contributed by atoms with Crippen LogP contribution in [0.1, 0.15) is 73.1 Å². The Morgan fingerprint density at radius 1 is 0.889 bits per heavy atom. The monoisotopic (exact) mass is 537 g/mol. The molecule has 36 heavy (non-hydrogen) atoms. The molecule has 1 aliphatic heterocycles. The van der Waals surface area contributed by atoms with Gasteiger partial charge in [-0.2, -0.15) is 25.3 Å². The van der Waals surface area contributed by atoms with E-state index in [0.717, 1.165) is 0 Å². The smallest absolute Gasteiger partial charge is 0.247 e. The number of rotatable bonds is 6. The molecule has 6 nitrogen and oxygen atoms in total. The summed E-state index contributed by atoms with van der Waals surface area (Å²) in [5, 5.41) is 2.82. The summed E-state index contributed by atoms with van der Waals surface area (Å²) in [5.41, 5.74) is 0.269. The molecule has 1 fully saturated rings. The molecule has 0 unspecified atom stereocenters. The number of thiol groups is 2. The van der Waals surface area contributed by atoms with Gasteiger partial charge in [0.2, 0.25) is 5.91 Å². The van der Waals surface area contributed by atoms with Gasteiger partial charge in [0, 0.05) is 55.3 Å². The lowest BCUT2D eigenvalue weighted by Crippen LogP contribution is -2.45. The third-order valence-electron chi connectivity index (χ3n) is 6.75. The van der Waals surface area contributed by atoms with E-state index in [-0.39, 0.29) is 84.3 Å².